The van der Waals surface area contributed by atoms with Gasteiger partial charge in [0.2, 0.25) is 11.7 Å². The number of imidazole rings is 1. The predicted octanol–water partition coefficient (Wildman–Crippen LogP) is 0.0312. The number of nitrogens with zero attached hydrogens (tertiary/aromatic N) is 4. The molecule has 0 saturated carbocycles. The third-order valence-corrected chi connectivity index (χ3v) is 2.79. The lowest BCUT2D eigenvalue weighted by Crippen LogP contribution is -2.41. The number of aromatic nitrogens is 2. The average molecular weight is 270 g/mol. The molecule has 1 amide bonds. The number of hydrogen-bond donors (Lipinski definition) is 1. The van der Waals surface area contributed by atoms with Crippen LogP contribution in [0.2, 0.25) is 0 Å². The van der Waals surface area contributed by atoms with Crippen molar-refractivity contribution in [2.75, 3.05) is 7.05 Å². The van der Waals surface area contributed by atoms with Gasteiger partial charge in [0.15, 0.2) is 0 Å². The first-order valence-electron chi connectivity index (χ1n) is 5.40. The number of carbonyl (C=O) groups excluding carboxylic acids is 1. The molecule has 0 saturated heterocycles. The van der Waals surface area contributed by atoms with Gasteiger partial charge in [0.1, 0.15) is 18.8 Å². The lowest BCUT2D eigenvalue weighted by atomic mass is 10.3. The van der Waals surface area contributed by atoms with Gasteiger partial charge in [0.25, 0.3) is 0 Å². The van der Waals surface area contributed by atoms with Crippen molar-refractivity contribution in [2.45, 2.75) is 26.4 Å². The average Bonchev–Trinajstić information content (AvgIpc) is 2.69. The van der Waals surface area contributed by atoms with Crippen LogP contribution in [0.4, 0.5) is 5.82 Å². The number of nitro groups is 1. The van der Waals surface area contributed by atoms with E-state index < -0.39 is 22.8 Å². The molecule has 9 heteroatoms. The van der Waals surface area contributed by atoms with E-state index in [4.69, 9.17) is 5.11 Å². The SMILES string of the molecule is Cc1nc([N+](=O)[O-])cn1CC(=O)N(C)C(C)C(=O)O. The molecule has 1 rings (SSSR count). The summed E-state index contributed by atoms with van der Waals surface area (Å²) in [7, 11) is 1.36. The molecule has 0 aromatic carbocycles. The van der Waals surface area contributed by atoms with Crippen LogP contribution in [0, 0.1) is 17.0 Å². The molecule has 1 heterocycles. The Labute approximate surface area is 108 Å². The summed E-state index contributed by atoms with van der Waals surface area (Å²) in [5, 5.41) is 19.3. The number of rotatable bonds is 5. The van der Waals surface area contributed by atoms with Crippen LogP contribution in [-0.2, 0) is 16.1 Å². The molecule has 0 aliphatic heterocycles. The number of carbonyl (C=O) groups is 2. The summed E-state index contributed by atoms with van der Waals surface area (Å²) in [4.78, 5) is 37.2. The first-order valence-corrected chi connectivity index (χ1v) is 5.40. The van der Waals surface area contributed by atoms with Gasteiger partial charge in [-0.1, -0.05) is 0 Å². The van der Waals surface area contributed by atoms with Crippen LogP contribution >= 0.6 is 0 Å². The van der Waals surface area contributed by atoms with Crippen LogP contribution in [0.1, 0.15) is 12.7 Å². The lowest BCUT2D eigenvalue weighted by Gasteiger charge is -2.21. The zero-order valence-electron chi connectivity index (χ0n) is 10.7. The van der Waals surface area contributed by atoms with Crippen LogP contribution in [0.25, 0.3) is 0 Å². The fourth-order valence-corrected chi connectivity index (χ4v) is 1.38. The molecule has 0 fully saturated rings. The van der Waals surface area contributed by atoms with Gasteiger partial charge in [-0.15, -0.1) is 0 Å². The summed E-state index contributed by atoms with van der Waals surface area (Å²) >= 11 is 0. The van der Waals surface area contributed by atoms with Crippen LogP contribution in [0.15, 0.2) is 6.20 Å². The molecule has 0 radical (unpaired) electrons. The Morgan fingerprint density at radius 3 is 2.63 bits per heavy atom. The summed E-state index contributed by atoms with van der Waals surface area (Å²) in [5.74, 6) is -1.62. The van der Waals surface area contributed by atoms with Gasteiger partial charge in [-0.2, -0.15) is 0 Å². The van der Waals surface area contributed by atoms with Crippen LogP contribution in [0.5, 0.6) is 0 Å². The molecule has 1 N–H and O–H groups in total. The van der Waals surface area contributed by atoms with Crippen molar-refractivity contribution in [3.8, 4) is 0 Å². The molecule has 104 valence electrons. The molecule has 0 bridgehead atoms. The Morgan fingerprint density at radius 2 is 2.21 bits per heavy atom. The van der Waals surface area contributed by atoms with E-state index in [0.29, 0.717) is 5.82 Å². The number of likely N-dealkylation sites (N-methyl/N-ethyl adjacent to an activating group) is 1. The Bertz CT molecular complexity index is 524. The fourth-order valence-electron chi connectivity index (χ4n) is 1.38. The normalized spacial score (nSPS) is 11.9. The molecule has 1 aromatic heterocycles. The third-order valence-electron chi connectivity index (χ3n) is 2.79. The van der Waals surface area contributed by atoms with Crippen molar-refractivity contribution in [3.05, 3.63) is 22.1 Å². The van der Waals surface area contributed by atoms with Gasteiger partial charge >= 0.3 is 11.8 Å². The maximum Gasteiger partial charge on any atom is 0.381 e. The molecule has 9 nitrogen and oxygen atoms in total. The van der Waals surface area contributed by atoms with Gasteiger partial charge < -0.3 is 20.1 Å². The molecule has 19 heavy (non-hydrogen) atoms. The first-order chi connectivity index (χ1) is 8.73. The van der Waals surface area contributed by atoms with Crippen LogP contribution < -0.4 is 0 Å². The number of hydrogen-bond acceptors (Lipinski definition) is 5. The zero-order valence-corrected chi connectivity index (χ0v) is 10.7. The van der Waals surface area contributed by atoms with E-state index >= 15 is 0 Å². The minimum absolute atomic E-state index is 0.194. The highest BCUT2D eigenvalue weighted by atomic mass is 16.6. The minimum atomic E-state index is -1.12. The van der Waals surface area contributed by atoms with Crippen LogP contribution in [-0.4, -0.2) is 49.4 Å². The van der Waals surface area contributed by atoms with Crippen molar-refractivity contribution in [3.63, 3.8) is 0 Å². The second kappa shape index (κ2) is 5.46. The number of carboxylic acids is 1. The monoisotopic (exact) mass is 270 g/mol. The molecule has 0 aliphatic rings. The largest absolute Gasteiger partial charge is 0.480 e. The van der Waals surface area contributed by atoms with Crippen molar-refractivity contribution in [1.82, 2.24) is 14.5 Å². The Hall–Kier alpha value is -2.45. The second-order valence-electron chi connectivity index (χ2n) is 4.05. The van der Waals surface area contributed by atoms with Crippen molar-refractivity contribution in [2.24, 2.45) is 0 Å². The quantitative estimate of drug-likeness (QED) is 0.595. The van der Waals surface area contributed by atoms with Crippen molar-refractivity contribution < 1.29 is 19.6 Å². The summed E-state index contributed by atoms with van der Waals surface area (Å²) < 4.78 is 1.31. The van der Waals surface area contributed by atoms with E-state index in [9.17, 15) is 19.7 Å². The highest BCUT2D eigenvalue weighted by Gasteiger charge is 2.23. The van der Waals surface area contributed by atoms with Gasteiger partial charge in [0, 0.05) is 14.0 Å². The van der Waals surface area contributed by atoms with E-state index in [1.54, 1.807) is 0 Å². The summed E-state index contributed by atoms with van der Waals surface area (Å²) in [6, 6.07) is -0.966. The van der Waals surface area contributed by atoms with E-state index in [2.05, 4.69) is 4.98 Å². The van der Waals surface area contributed by atoms with Crippen molar-refractivity contribution >= 4 is 17.7 Å². The number of aryl methyl sites for hydroxylation is 1. The molecule has 0 spiro atoms. The maximum atomic E-state index is 11.8. The fraction of sp³-hybridized carbons (Fsp3) is 0.500. The molecule has 1 unspecified atom stereocenters. The van der Waals surface area contributed by atoms with Gasteiger partial charge in [-0.05, 0) is 16.8 Å². The van der Waals surface area contributed by atoms with Gasteiger partial charge in [-0.3, -0.25) is 9.36 Å². The van der Waals surface area contributed by atoms with E-state index in [-0.39, 0.29) is 12.4 Å². The Kier molecular flexibility index (Phi) is 4.20. The van der Waals surface area contributed by atoms with E-state index in [1.165, 1.54) is 25.5 Å². The number of carboxylic acid groups (broad SMARTS) is 1. The summed E-state index contributed by atoms with van der Waals surface area (Å²) in [6.07, 6.45) is 1.15. The topological polar surface area (TPSA) is 119 Å². The molecule has 0 aliphatic carbocycles. The number of aliphatic carboxylic acids is 1. The third kappa shape index (κ3) is 3.27. The Morgan fingerprint density at radius 1 is 1.63 bits per heavy atom. The zero-order chi connectivity index (χ0) is 14.7. The highest BCUT2D eigenvalue weighted by molar-refractivity contribution is 5.83. The van der Waals surface area contributed by atoms with Crippen molar-refractivity contribution in [1.29, 1.82) is 0 Å². The highest BCUT2D eigenvalue weighted by Crippen LogP contribution is 2.11. The van der Waals surface area contributed by atoms with Gasteiger partial charge in [0.05, 0.1) is 0 Å². The van der Waals surface area contributed by atoms with E-state index in [0.717, 1.165) is 11.1 Å². The van der Waals surface area contributed by atoms with Gasteiger partial charge in [-0.25, -0.2) is 4.79 Å². The predicted molar refractivity (Wildman–Crippen MR) is 63.5 cm³/mol. The standard InChI is InChI=1S/C10H14N4O5/c1-6(10(16)17)12(3)9(15)5-13-4-8(14(18)19)11-7(13)2/h4,6H,5H2,1-3H3,(H,16,17). The van der Waals surface area contributed by atoms with E-state index in [1.807, 2.05) is 0 Å². The smallest absolute Gasteiger partial charge is 0.381 e. The summed E-state index contributed by atoms with van der Waals surface area (Å²) in [6.45, 7) is 2.71. The first kappa shape index (κ1) is 14.6. The molecule has 1 atom stereocenters. The lowest BCUT2D eigenvalue weighted by molar-refractivity contribution is -0.389. The minimum Gasteiger partial charge on any atom is -0.480 e. The number of amides is 1. The Balaban J connectivity index is 2.82. The van der Waals surface area contributed by atoms with Crippen LogP contribution in [0.3, 0.4) is 0 Å². The maximum absolute atomic E-state index is 11.8. The second-order valence-corrected chi connectivity index (χ2v) is 4.05. The molecular weight excluding hydrogens is 256 g/mol. The summed E-state index contributed by atoms with van der Waals surface area (Å²) in [5.41, 5.74) is 0. The molecule has 1 aromatic rings. The molecular formula is C10H14N4O5.